The summed E-state index contributed by atoms with van der Waals surface area (Å²) in [6, 6.07) is 11.1. The Morgan fingerprint density at radius 2 is 1.70 bits per heavy atom. The predicted octanol–water partition coefficient (Wildman–Crippen LogP) is 3.01. The SMILES string of the molecule is CC(C)C[C@H](NC(=O)[C@H](Cc1ccccc1)NC(=O)CC1COc2ccc(S(=O)(=O)CC(=O)OC(C)(C)C)cc21)C(=O)O. The van der Waals surface area contributed by atoms with Gasteiger partial charge in [-0.2, -0.15) is 0 Å². The molecule has 2 aromatic rings. The van der Waals surface area contributed by atoms with E-state index in [0.29, 0.717) is 11.3 Å². The van der Waals surface area contributed by atoms with E-state index in [1.54, 1.807) is 45.0 Å². The number of esters is 1. The monoisotopic (exact) mass is 616 g/mol. The van der Waals surface area contributed by atoms with E-state index < -0.39 is 62.9 Å². The molecule has 2 amide bonds. The molecule has 3 N–H and O–H groups in total. The molecule has 1 unspecified atom stereocenters. The number of carboxylic acid groups (broad SMARTS) is 1. The number of rotatable bonds is 13. The first-order valence-electron chi connectivity index (χ1n) is 14.1. The Labute approximate surface area is 252 Å². The molecule has 2 aromatic carbocycles. The molecule has 234 valence electrons. The lowest BCUT2D eigenvalue weighted by atomic mass is 9.97. The Balaban J connectivity index is 1.76. The summed E-state index contributed by atoms with van der Waals surface area (Å²) < 4.78 is 36.7. The summed E-state index contributed by atoms with van der Waals surface area (Å²) in [5.41, 5.74) is 0.426. The topological polar surface area (TPSA) is 165 Å². The van der Waals surface area contributed by atoms with Crippen molar-refractivity contribution < 1.29 is 42.2 Å². The molecule has 12 heteroatoms. The van der Waals surface area contributed by atoms with Gasteiger partial charge in [0.2, 0.25) is 11.8 Å². The van der Waals surface area contributed by atoms with E-state index in [2.05, 4.69) is 10.6 Å². The minimum atomic E-state index is -4.03. The van der Waals surface area contributed by atoms with Crippen LogP contribution in [0.3, 0.4) is 0 Å². The van der Waals surface area contributed by atoms with E-state index in [0.717, 1.165) is 5.56 Å². The third-order valence-corrected chi connectivity index (χ3v) is 8.22. The molecule has 0 saturated heterocycles. The van der Waals surface area contributed by atoms with Gasteiger partial charge in [-0.1, -0.05) is 44.2 Å². The Bertz CT molecular complexity index is 1430. The van der Waals surface area contributed by atoms with Gasteiger partial charge in [-0.25, -0.2) is 13.2 Å². The maximum Gasteiger partial charge on any atom is 0.326 e. The highest BCUT2D eigenvalue weighted by atomic mass is 32.2. The average Bonchev–Trinajstić information content (AvgIpc) is 3.28. The standard InChI is InChI=1S/C31H40N2O9S/c1-19(2)13-25(30(37)38)33-29(36)24(14-20-9-7-6-8-10-20)32-27(34)15-21-17-41-26-12-11-22(16-23(21)26)43(39,40)18-28(35)42-31(3,4)5/h6-12,16,19,21,24-25H,13-15,17-18H2,1-5H3,(H,32,34)(H,33,36)(H,37,38)/t21?,24-,25-/m0/s1. The van der Waals surface area contributed by atoms with Crippen LogP contribution in [0.15, 0.2) is 53.4 Å². The van der Waals surface area contributed by atoms with Gasteiger partial charge in [-0.3, -0.25) is 14.4 Å². The van der Waals surface area contributed by atoms with E-state index >= 15 is 0 Å². The number of aliphatic carboxylic acids is 1. The zero-order chi connectivity index (χ0) is 31.9. The molecule has 0 radical (unpaired) electrons. The lowest BCUT2D eigenvalue weighted by molar-refractivity contribution is -0.151. The molecule has 1 heterocycles. The molecule has 0 saturated carbocycles. The fourth-order valence-corrected chi connectivity index (χ4v) is 5.85. The van der Waals surface area contributed by atoms with Crippen molar-refractivity contribution in [2.75, 3.05) is 12.4 Å². The summed E-state index contributed by atoms with van der Waals surface area (Å²) in [5, 5.41) is 14.9. The van der Waals surface area contributed by atoms with Crippen molar-refractivity contribution in [1.82, 2.24) is 10.6 Å². The lowest BCUT2D eigenvalue weighted by Gasteiger charge is -2.23. The highest BCUT2D eigenvalue weighted by Crippen LogP contribution is 2.37. The number of ether oxygens (including phenoxy) is 2. The first-order chi connectivity index (χ1) is 20.0. The molecule has 1 aliphatic heterocycles. The molecule has 11 nitrogen and oxygen atoms in total. The van der Waals surface area contributed by atoms with Gasteiger partial charge in [0.15, 0.2) is 15.6 Å². The van der Waals surface area contributed by atoms with Gasteiger partial charge in [-0.05, 0) is 56.9 Å². The highest BCUT2D eigenvalue weighted by molar-refractivity contribution is 7.92. The van der Waals surface area contributed by atoms with Crippen LogP contribution in [0, 0.1) is 5.92 Å². The molecule has 3 rings (SSSR count). The Morgan fingerprint density at radius 3 is 2.30 bits per heavy atom. The first-order valence-corrected chi connectivity index (χ1v) is 15.8. The quantitative estimate of drug-likeness (QED) is 0.287. The fraction of sp³-hybridized carbons (Fsp3) is 0.484. The molecule has 43 heavy (non-hydrogen) atoms. The Kier molecular flexibility index (Phi) is 11.0. The molecule has 0 bridgehead atoms. The van der Waals surface area contributed by atoms with E-state index in [9.17, 15) is 32.7 Å². The van der Waals surface area contributed by atoms with Gasteiger partial charge in [0.1, 0.15) is 23.4 Å². The van der Waals surface area contributed by atoms with Crippen LogP contribution >= 0.6 is 0 Å². The summed E-state index contributed by atoms with van der Waals surface area (Å²) >= 11 is 0. The van der Waals surface area contributed by atoms with Gasteiger partial charge in [0.25, 0.3) is 0 Å². The van der Waals surface area contributed by atoms with Crippen LogP contribution in [0.5, 0.6) is 5.75 Å². The first kappa shape index (κ1) is 33.6. The average molecular weight is 617 g/mol. The van der Waals surface area contributed by atoms with Gasteiger partial charge < -0.3 is 25.2 Å². The van der Waals surface area contributed by atoms with Gasteiger partial charge in [-0.15, -0.1) is 0 Å². The summed E-state index contributed by atoms with van der Waals surface area (Å²) in [7, 11) is -4.03. The number of benzene rings is 2. The minimum absolute atomic E-state index is 0.0174. The molecular formula is C31H40N2O9S. The van der Waals surface area contributed by atoms with E-state index in [-0.39, 0.29) is 36.7 Å². The van der Waals surface area contributed by atoms with Crippen molar-refractivity contribution >= 4 is 33.6 Å². The van der Waals surface area contributed by atoms with Crippen molar-refractivity contribution in [3.05, 3.63) is 59.7 Å². The second kappa shape index (κ2) is 14.0. The van der Waals surface area contributed by atoms with Crippen molar-refractivity contribution in [3.8, 4) is 5.75 Å². The second-order valence-corrected chi connectivity index (χ2v) is 14.1. The number of hydrogen-bond acceptors (Lipinski definition) is 8. The van der Waals surface area contributed by atoms with E-state index in [4.69, 9.17) is 9.47 Å². The molecular weight excluding hydrogens is 576 g/mol. The second-order valence-electron chi connectivity index (χ2n) is 12.1. The van der Waals surface area contributed by atoms with Gasteiger partial charge >= 0.3 is 11.9 Å². The number of nitrogens with one attached hydrogen (secondary N) is 2. The predicted molar refractivity (Wildman–Crippen MR) is 158 cm³/mol. The molecule has 1 aliphatic rings. The highest BCUT2D eigenvalue weighted by Gasteiger charge is 2.32. The molecule has 0 aliphatic carbocycles. The summed E-state index contributed by atoms with van der Waals surface area (Å²) in [6.45, 7) is 8.74. The number of carbonyl (C=O) groups excluding carboxylic acids is 3. The van der Waals surface area contributed by atoms with Crippen molar-refractivity contribution in [2.45, 2.75) is 82.4 Å². The number of carbonyl (C=O) groups is 4. The minimum Gasteiger partial charge on any atom is -0.493 e. The van der Waals surface area contributed by atoms with Crippen molar-refractivity contribution in [1.29, 1.82) is 0 Å². The van der Waals surface area contributed by atoms with Crippen LogP contribution < -0.4 is 15.4 Å². The molecule has 0 spiro atoms. The maximum absolute atomic E-state index is 13.2. The number of carboxylic acids is 1. The third kappa shape index (κ3) is 10.1. The van der Waals surface area contributed by atoms with Crippen LogP contribution in [0.1, 0.15) is 64.5 Å². The zero-order valence-corrected chi connectivity index (χ0v) is 25.9. The van der Waals surface area contributed by atoms with E-state index in [1.807, 2.05) is 19.9 Å². The van der Waals surface area contributed by atoms with Crippen molar-refractivity contribution in [3.63, 3.8) is 0 Å². The molecule has 3 atom stereocenters. The van der Waals surface area contributed by atoms with Crippen LogP contribution in [-0.2, 0) is 40.2 Å². The Morgan fingerprint density at radius 1 is 1.02 bits per heavy atom. The van der Waals surface area contributed by atoms with Crippen LogP contribution in [-0.4, -0.2) is 67.3 Å². The summed E-state index contributed by atoms with van der Waals surface area (Å²) in [5.74, 6) is -4.06. The fourth-order valence-electron chi connectivity index (χ4n) is 4.73. The normalized spacial score (nSPS) is 16.0. The van der Waals surface area contributed by atoms with Gasteiger partial charge in [0, 0.05) is 24.3 Å². The Hall–Kier alpha value is -3.93. The third-order valence-electron chi connectivity index (χ3n) is 6.64. The number of fused-ring (bicyclic) bond motifs is 1. The number of hydrogen-bond donors (Lipinski definition) is 3. The lowest BCUT2D eigenvalue weighted by Crippen LogP contribution is -2.52. The smallest absolute Gasteiger partial charge is 0.326 e. The maximum atomic E-state index is 13.2. The molecule has 0 aromatic heterocycles. The van der Waals surface area contributed by atoms with E-state index in [1.165, 1.54) is 18.2 Å². The number of sulfone groups is 1. The summed E-state index contributed by atoms with van der Waals surface area (Å²) in [4.78, 5) is 50.3. The van der Waals surface area contributed by atoms with Gasteiger partial charge in [0.05, 0.1) is 11.5 Å². The van der Waals surface area contributed by atoms with Crippen molar-refractivity contribution in [2.24, 2.45) is 5.92 Å². The number of amides is 2. The summed E-state index contributed by atoms with van der Waals surface area (Å²) in [6.07, 6.45) is 0.245. The molecule has 0 fully saturated rings. The zero-order valence-electron chi connectivity index (χ0n) is 25.1. The van der Waals surface area contributed by atoms with Crippen LogP contribution in [0.25, 0.3) is 0 Å². The largest absolute Gasteiger partial charge is 0.493 e. The van der Waals surface area contributed by atoms with Crippen LogP contribution in [0.4, 0.5) is 0 Å². The van der Waals surface area contributed by atoms with Crippen LogP contribution in [0.2, 0.25) is 0 Å².